The van der Waals surface area contributed by atoms with Crippen LogP contribution in [0, 0.1) is 0 Å². The minimum absolute atomic E-state index is 0.0339. The van der Waals surface area contributed by atoms with Gasteiger partial charge in [-0.25, -0.2) is 4.98 Å². The summed E-state index contributed by atoms with van der Waals surface area (Å²) in [6.07, 6.45) is 4.35. The number of carbonyl (C=O) groups excluding carboxylic acids is 1. The third-order valence-corrected chi connectivity index (χ3v) is 5.08. The van der Waals surface area contributed by atoms with Crippen molar-refractivity contribution in [3.63, 3.8) is 0 Å². The number of hydrogen-bond donors (Lipinski definition) is 1. The Labute approximate surface area is 157 Å². The number of anilines is 1. The number of halogens is 1. The Bertz CT molecular complexity index is 1010. The molecule has 4 nitrogen and oxygen atoms in total. The van der Waals surface area contributed by atoms with E-state index in [4.69, 9.17) is 0 Å². The topological polar surface area (TPSA) is 46.4 Å². The van der Waals surface area contributed by atoms with Gasteiger partial charge < -0.3 is 5.32 Å². The molecule has 0 saturated heterocycles. The van der Waals surface area contributed by atoms with Crippen molar-refractivity contribution in [2.75, 3.05) is 5.32 Å². The van der Waals surface area contributed by atoms with Gasteiger partial charge in [0.15, 0.2) is 4.96 Å². The molecule has 4 rings (SSSR count). The molecular weight excluding hydrogens is 398 g/mol. The van der Waals surface area contributed by atoms with E-state index in [1.807, 2.05) is 70.7 Å². The van der Waals surface area contributed by atoms with Crippen LogP contribution in [0.1, 0.15) is 5.56 Å². The first-order chi connectivity index (χ1) is 12.2. The van der Waals surface area contributed by atoms with E-state index in [1.54, 1.807) is 11.3 Å². The van der Waals surface area contributed by atoms with Crippen molar-refractivity contribution in [2.45, 2.75) is 6.42 Å². The third-order valence-electron chi connectivity index (χ3n) is 3.81. The molecule has 0 spiro atoms. The molecule has 2 aromatic carbocycles. The lowest BCUT2D eigenvalue weighted by atomic mass is 10.1. The first-order valence-electron chi connectivity index (χ1n) is 7.74. The van der Waals surface area contributed by atoms with Crippen LogP contribution in [0.25, 0.3) is 16.2 Å². The summed E-state index contributed by atoms with van der Waals surface area (Å²) in [5.41, 5.74) is 3.71. The van der Waals surface area contributed by atoms with Crippen LogP contribution in [-0.4, -0.2) is 15.3 Å². The molecule has 0 radical (unpaired) electrons. The predicted molar refractivity (Wildman–Crippen MR) is 105 cm³/mol. The maximum atomic E-state index is 12.2. The summed E-state index contributed by atoms with van der Waals surface area (Å²) in [6, 6.07) is 15.5. The molecule has 2 aromatic heterocycles. The number of nitrogens with zero attached hydrogens (tertiary/aromatic N) is 2. The molecule has 124 valence electrons. The second-order valence-corrected chi connectivity index (χ2v) is 7.44. The zero-order valence-corrected chi connectivity index (χ0v) is 15.5. The lowest BCUT2D eigenvalue weighted by Crippen LogP contribution is -2.14. The fraction of sp³-hybridized carbons (Fsp3) is 0.0526. The number of benzene rings is 2. The summed E-state index contributed by atoms with van der Waals surface area (Å²) in [4.78, 5) is 17.8. The number of amides is 1. The van der Waals surface area contributed by atoms with Crippen molar-refractivity contribution in [1.29, 1.82) is 0 Å². The third kappa shape index (κ3) is 3.65. The van der Waals surface area contributed by atoms with Crippen molar-refractivity contribution in [1.82, 2.24) is 9.38 Å². The largest absolute Gasteiger partial charge is 0.326 e. The van der Waals surface area contributed by atoms with E-state index < -0.39 is 0 Å². The molecule has 1 amide bonds. The van der Waals surface area contributed by atoms with Crippen LogP contribution >= 0.6 is 27.3 Å². The second-order valence-electron chi connectivity index (χ2n) is 5.65. The van der Waals surface area contributed by atoms with Gasteiger partial charge in [-0.3, -0.25) is 9.20 Å². The molecule has 4 aromatic rings. The van der Waals surface area contributed by atoms with E-state index in [2.05, 4.69) is 26.2 Å². The van der Waals surface area contributed by atoms with E-state index in [0.717, 1.165) is 31.9 Å². The van der Waals surface area contributed by atoms with Crippen LogP contribution in [-0.2, 0) is 11.2 Å². The molecule has 0 atom stereocenters. The van der Waals surface area contributed by atoms with Crippen LogP contribution in [0.5, 0.6) is 0 Å². The predicted octanol–water partition coefficient (Wildman–Crippen LogP) is 5.01. The van der Waals surface area contributed by atoms with E-state index >= 15 is 0 Å². The average molecular weight is 412 g/mol. The normalized spacial score (nSPS) is 10.9. The Morgan fingerprint density at radius 2 is 2.04 bits per heavy atom. The SMILES string of the molecule is O=C(Cc1cccc(Br)c1)Nc1ccc(-c2cn3ccsc3n2)cc1. The molecule has 2 heterocycles. The molecular formula is C19H14BrN3OS. The van der Waals surface area contributed by atoms with Crippen molar-refractivity contribution in [2.24, 2.45) is 0 Å². The van der Waals surface area contributed by atoms with Crippen LogP contribution in [0.4, 0.5) is 5.69 Å². The standard InChI is InChI=1S/C19H14BrN3OS/c20-15-3-1-2-13(10-15)11-18(24)21-16-6-4-14(5-7-16)17-12-23-8-9-25-19(23)22-17/h1-10,12H,11H2,(H,21,24). The number of hydrogen-bond acceptors (Lipinski definition) is 3. The van der Waals surface area contributed by atoms with Crippen molar-refractivity contribution in [3.8, 4) is 11.3 Å². The minimum Gasteiger partial charge on any atom is -0.326 e. The van der Waals surface area contributed by atoms with Crippen molar-refractivity contribution in [3.05, 3.63) is 76.3 Å². The Morgan fingerprint density at radius 1 is 1.20 bits per heavy atom. The van der Waals surface area contributed by atoms with Gasteiger partial charge in [0.2, 0.25) is 5.91 Å². The molecule has 0 aliphatic rings. The van der Waals surface area contributed by atoms with Crippen LogP contribution in [0.3, 0.4) is 0 Å². The van der Waals surface area contributed by atoms with Gasteiger partial charge in [0, 0.05) is 33.5 Å². The van der Waals surface area contributed by atoms with Gasteiger partial charge in [-0.2, -0.15) is 0 Å². The molecule has 0 aliphatic carbocycles. The van der Waals surface area contributed by atoms with Crippen LogP contribution in [0.15, 0.2) is 70.8 Å². The summed E-state index contributed by atoms with van der Waals surface area (Å²) in [5.74, 6) is -0.0339. The number of imidazole rings is 1. The molecule has 0 unspecified atom stereocenters. The van der Waals surface area contributed by atoms with Gasteiger partial charge in [-0.05, 0) is 29.8 Å². The van der Waals surface area contributed by atoms with Gasteiger partial charge in [0.05, 0.1) is 12.1 Å². The minimum atomic E-state index is -0.0339. The molecule has 1 N–H and O–H groups in total. The first kappa shape index (κ1) is 16.1. The molecule has 0 saturated carbocycles. The maximum Gasteiger partial charge on any atom is 0.228 e. The summed E-state index contributed by atoms with van der Waals surface area (Å²) >= 11 is 5.03. The van der Waals surface area contributed by atoms with Crippen LogP contribution < -0.4 is 5.32 Å². The van der Waals surface area contributed by atoms with Gasteiger partial charge in [-0.1, -0.05) is 40.2 Å². The Morgan fingerprint density at radius 3 is 2.80 bits per heavy atom. The van der Waals surface area contributed by atoms with Gasteiger partial charge >= 0.3 is 0 Å². The average Bonchev–Trinajstić information content (AvgIpc) is 3.17. The lowest BCUT2D eigenvalue weighted by Gasteiger charge is -2.06. The fourth-order valence-electron chi connectivity index (χ4n) is 2.63. The summed E-state index contributed by atoms with van der Waals surface area (Å²) in [5, 5.41) is 4.94. The van der Waals surface area contributed by atoms with Gasteiger partial charge in [0.1, 0.15) is 0 Å². The molecule has 6 heteroatoms. The monoisotopic (exact) mass is 411 g/mol. The van der Waals surface area contributed by atoms with E-state index in [9.17, 15) is 4.79 Å². The smallest absolute Gasteiger partial charge is 0.228 e. The van der Waals surface area contributed by atoms with Gasteiger partial charge in [0.25, 0.3) is 0 Å². The van der Waals surface area contributed by atoms with Gasteiger partial charge in [-0.15, -0.1) is 11.3 Å². The molecule has 0 aliphatic heterocycles. The quantitative estimate of drug-likeness (QED) is 0.513. The highest BCUT2D eigenvalue weighted by Crippen LogP contribution is 2.23. The second kappa shape index (κ2) is 6.82. The highest BCUT2D eigenvalue weighted by Gasteiger charge is 2.07. The zero-order valence-electron chi connectivity index (χ0n) is 13.1. The van der Waals surface area contributed by atoms with Crippen molar-refractivity contribution >= 4 is 43.8 Å². The Hall–Kier alpha value is -2.44. The zero-order chi connectivity index (χ0) is 17.2. The summed E-state index contributed by atoms with van der Waals surface area (Å²) in [6.45, 7) is 0. The highest BCUT2D eigenvalue weighted by atomic mass is 79.9. The van der Waals surface area contributed by atoms with Crippen molar-refractivity contribution < 1.29 is 4.79 Å². The van der Waals surface area contributed by atoms with E-state index in [1.165, 1.54) is 0 Å². The summed E-state index contributed by atoms with van der Waals surface area (Å²) < 4.78 is 2.98. The number of rotatable bonds is 4. The van der Waals surface area contributed by atoms with E-state index in [-0.39, 0.29) is 5.91 Å². The molecule has 25 heavy (non-hydrogen) atoms. The number of nitrogens with one attached hydrogen (secondary N) is 1. The Kier molecular flexibility index (Phi) is 4.38. The number of carbonyl (C=O) groups is 1. The Balaban J connectivity index is 1.44. The van der Waals surface area contributed by atoms with E-state index in [0.29, 0.717) is 6.42 Å². The molecule has 0 bridgehead atoms. The highest BCUT2D eigenvalue weighted by molar-refractivity contribution is 9.10. The number of fused-ring (bicyclic) bond motifs is 1. The summed E-state index contributed by atoms with van der Waals surface area (Å²) in [7, 11) is 0. The number of thiazole rings is 1. The first-order valence-corrected chi connectivity index (χ1v) is 9.41. The number of aromatic nitrogens is 2. The van der Waals surface area contributed by atoms with Crippen LogP contribution in [0.2, 0.25) is 0 Å². The fourth-order valence-corrected chi connectivity index (χ4v) is 3.78. The molecule has 0 fully saturated rings. The maximum absolute atomic E-state index is 12.2. The lowest BCUT2D eigenvalue weighted by molar-refractivity contribution is -0.115.